The number of rotatable bonds is 19. The lowest BCUT2D eigenvalue weighted by molar-refractivity contribution is -0.140. The first-order chi connectivity index (χ1) is 28.0. The molecule has 9 heteroatoms. The van der Waals surface area contributed by atoms with Gasteiger partial charge in [0.15, 0.2) is 0 Å². The molecular formula is C49H56O9. The van der Waals surface area contributed by atoms with Crippen LogP contribution in [0, 0.1) is 25.7 Å². The van der Waals surface area contributed by atoms with E-state index in [0.717, 1.165) is 72.1 Å². The summed E-state index contributed by atoms with van der Waals surface area (Å²) in [5.41, 5.74) is 3.24. The first-order valence-electron chi connectivity index (χ1n) is 20.5. The van der Waals surface area contributed by atoms with Crippen molar-refractivity contribution in [2.45, 2.75) is 91.9 Å². The molecule has 4 aromatic rings. The fraction of sp³-hybridized carbons (Fsp3) is 0.388. The molecule has 0 amide bonds. The Bertz CT molecular complexity index is 2100. The summed E-state index contributed by atoms with van der Waals surface area (Å²) in [6, 6.07) is 21.2. The van der Waals surface area contributed by atoms with Crippen molar-refractivity contribution in [3.8, 4) is 17.2 Å². The van der Waals surface area contributed by atoms with Gasteiger partial charge in [-0.2, -0.15) is 0 Å². The number of esters is 4. The Kier molecular flexibility index (Phi) is 16.3. The van der Waals surface area contributed by atoms with Gasteiger partial charge in [-0.1, -0.05) is 57.4 Å². The molecule has 306 valence electrons. The number of aryl methyl sites for hydroxylation is 2. The molecule has 5 rings (SSSR count). The van der Waals surface area contributed by atoms with Gasteiger partial charge in [0, 0.05) is 11.6 Å². The normalized spacial score (nSPS) is 15.2. The smallest absolute Gasteiger partial charge is 0.343 e. The fourth-order valence-corrected chi connectivity index (χ4v) is 7.08. The van der Waals surface area contributed by atoms with E-state index in [1.807, 2.05) is 37.3 Å². The molecular weight excluding hydrogens is 733 g/mol. The van der Waals surface area contributed by atoms with Crippen molar-refractivity contribution in [2.24, 2.45) is 11.8 Å². The highest BCUT2D eigenvalue weighted by Crippen LogP contribution is 2.32. The number of ether oxygens (including phenoxy) is 5. The molecule has 0 radical (unpaired) electrons. The molecule has 1 aliphatic carbocycles. The number of carbonyl (C=O) groups excluding carboxylic acids is 4. The summed E-state index contributed by atoms with van der Waals surface area (Å²) >= 11 is 0. The van der Waals surface area contributed by atoms with Crippen molar-refractivity contribution in [1.82, 2.24) is 0 Å². The maximum Gasteiger partial charge on any atom is 0.343 e. The second kappa shape index (κ2) is 21.7. The number of unbranched alkanes of at least 4 members (excludes halogenated alkanes) is 3. The van der Waals surface area contributed by atoms with Crippen LogP contribution in [0.1, 0.15) is 115 Å². The summed E-state index contributed by atoms with van der Waals surface area (Å²) in [6.07, 6.45) is 13.9. The number of carbonyl (C=O) groups is 4. The quantitative estimate of drug-likeness (QED) is 0.0396. The Morgan fingerprint density at radius 3 is 1.97 bits per heavy atom. The molecule has 9 nitrogen and oxygen atoms in total. The molecule has 0 N–H and O–H groups in total. The number of hydrogen-bond acceptors (Lipinski definition) is 9. The largest absolute Gasteiger partial charge is 0.494 e. The molecule has 0 spiro atoms. The van der Waals surface area contributed by atoms with E-state index in [1.54, 1.807) is 62.4 Å². The maximum atomic E-state index is 13.1. The lowest BCUT2D eigenvalue weighted by atomic mass is 9.80. The summed E-state index contributed by atoms with van der Waals surface area (Å²) < 4.78 is 28.0. The van der Waals surface area contributed by atoms with Crippen molar-refractivity contribution in [3.05, 3.63) is 119 Å². The van der Waals surface area contributed by atoms with Gasteiger partial charge in [-0.05, 0) is 159 Å². The predicted octanol–water partition coefficient (Wildman–Crippen LogP) is 11.1. The van der Waals surface area contributed by atoms with Gasteiger partial charge in [-0.3, -0.25) is 0 Å². The highest BCUT2D eigenvalue weighted by atomic mass is 16.5. The minimum absolute atomic E-state index is 0.313. The summed E-state index contributed by atoms with van der Waals surface area (Å²) in [4.78, 5) is 50.1. The first-order valence-corrected chi connectivity index (χ1v) is 20.5. The number of benzene rings is 4. The molecule has 0 saturated heterocycles. The molecule has 0 aliphatic heterocycles. The van der Waals surface area contributed by atoms with Crippen LogP contribution in [-0.4, -0.2) is 43.7 Å². The zero-order valence-electron chi connectivity index (χ0n) is 34.3. The van der Waals surface area contributed by atoms with Crippen molar-refractivity contribution < 1.29 is 42.9 Å². The van der Waals surface area contributed by atoms with Crippen LogP contribution < -0.4 is 14.2 Å². The van der Waals surface area contributed by atoms with E-state index in [1.165, 1.54) is 31.8 Å². The minimum Gasteiger partial charge on any atom is -0.494 e. The minimum atomic E-state index is -0.545. The Hall–Kier alpha value is -5.70. The average molecular weight is 789 g/mol. The van der Waals surface area contributed by atoms with E-state index in [4.69, 9.17) is 23.7 Å². The van der Waals surface area contributed by atoms with Crippen LogP contribution in [0.3, 0.4) is 0 Å². The molecule has 0 atom stereocenters. The molecule has 0 aromatic heterocycles. The lowest BCUT2D eigenvalue weighted by Crippen LogP contribution is -2.20. The van der Waals surface area contributed by atoms with Gasteiger partial charge in [0.05, 0.1) is 30.9 Å². The Balaban J connectivity index is 1.06. The molecule has 0 unspecified atom stereocenters. The zero-order chi connectivity index (χ0) is 41.4. The van der Waals surface area contributed by atoms with Gasteiger partial charge in [-0.25, -0.2) is 19.2 Å². The van der Waals surface area contributed by atoms with Gasteiger partial charge < -0.3 is 23.7 Å². The summed E-state index contributed by atoms with van der Waals surface area (Å²) in [6.45, 7) is 12.5. The van der Waals surface area contributed by atoms with E-state index >= 15 is 0 Å². The standard InChI is InChI=1S/C49H56O9/c1-6-11-36-12-14-38(15-13-36)32-56-46(50)25-17-37-16-23-44(34(4)28-37)57-48(52)41-21-24-45(35(5)29-41)58-49(53)42-19-18-40-31-43(22-20-39(40)30-42)54-26-9-7-8-10-27-55-47(51)33(2)3/h16-25,28-31,36,38H,2,6-15,26-27,32H2,1,3-5H3/b25-17+. The monoisotopic (exact) mass is 788 g/mol. The third kappa shape index (κ3) is 13.2. The van der Waals surface area contributed by atoms with E-state index in [2.05, 4.69) is 13.5 Å². The highest BCUT2D eigenvalue weighted by molar-refractivity contribution is 5.97. The van der Waals surface area contributed by atoms with E-state index in [0.29, 0.717) is 59.5 Å². The van der Waals surface area contributed by atoms with Crippen LogP contribution in [0.5, 0.6) is 17.2 Å². The second-order valence-electron chi connectivity index (χ2n) is 15.3. The molecule has 1 aliphatic rings. The molecule has 4 aromatic carbocycles. The van der Waals surface area contributed by atoms with Crippen LogP contribution in [0.4, 0.5) is 0 Å². The van der Waals surface area contributed by atoms with Gasteiger partial charge in [0.1, 0.15) is 17.2 Å². The first kappa shape index (κ1) is 43.4. The van der Waals surface area contributed by atoms with Crippen LogP contribution in [0.25, 0.3) is 16.8 Å². The fourth-order valence-electron chi connectivity index (χ4n) is 7.08. The maximum absolute atomic E-state index is 13.1. The second-order valence-corrected chi connectivity index (χ2v) is 15.3. The summed E-state index contributed by atoms with van der Waals surface area (Å²) in [5, 5.41) is 1.80. The molecule has 1 fully saturated rings. The van der Waals surface area contributed by atoms with Crippen molar-refractivity contribution >= 4 is 40.7 Å². The van der Waals surface area contributed by atoms with Crippen molar-refractivity contribution in [2.75, 3.05) is 19.8 Å². The Morgan fingerprint density at radius 1 is 0.690 bits per heavy atom. The van der Waals surface area contributed by atoms with Crippen molar-refractivity contribution in [1.29, 1.82) is 0 Å². The van der Waals surface area contributed by atoms with E-state index in [9.17, 15) is 19.2 Å². The highest BCUT2D eigenvalue weighted by Gasteiger charge is 2.21. The topological polar surface area (TPSA) is 114 Å². The van der Waals surface area contributed by atoms with Crippen LogP contribution >= 0.6 is 0 Å². The van der Waals surface area contributed by atoms with Crippen LogP contribution in [-0.2, 0) is 19.1 Å². The van der Waals surface area contributed by atoms with E-state index < -0.39 is 11.9 Å². The molecule has 0 bridgehead atoms. The third-order valence-electron chi connectivity index (χ3n) is 10.5. The van der Waals surface area contributed by atoms with Gasteiger partial charge in [0.25, 0.3) is 0 Å². The van der Waals surface area contributed by atoms with Gasteiger partial charge in [0.2, 0.25) is 0 Å². The third-order valence-corrected chi connectivity index (χ3v) is 10.5. The van der Waals surface area contributed by atoms with Crippen molar-refractivity contribution in [3.63, 3.8) is 0 Å². The SMILES string of the molecule is C=C(C)C(=O)OCCCCCCOc1ccc2cc(C(=O)Oc3ccc(C(=O)Oc4ccc(/C=C/C(=O)OCC5CCC(CCC)CC5)cc4C)cc3C)ccc2c1. The Morgan fingerprint density at radius 2 is 1.29 bits per heavy atom. The van der Waals surface area contributed by atoms with E-state index in [-0.39, 0.29) is 11.9 Å². The van der Waals surface area contributed by atoms with Gasteiger partial charge in [-0.15, -0.1) is 0 Å². The Labute approximate surface area is 342 Å². The molecule has 58 heavy (non-hydrogen) atoms. The lowest BCUT2D eigenvalue weighted by Gasteiger charge is -2.27. The van der Waals surface area contributed by atoms with Crippen LogP contribution in [0.15, 0.2) is 91.0 Å². The number of hydrogen-bond donors (Lipinski definition) is 0. The predicted molar refractivity (Wildman–Crippen MR) is 226 cm³/mol. The average Bonchev–Trinajstić information content (AvgIpc) is 3.22. The number of fused-ring (bicyclic) bond motifs is 1. The van der Waals surface area contributed by atoms with Crippen LogP contribution in [0.2, 0.25) is 0 Å². The summed E-state index contributed by atoms with van der Waals surface area (Å²) in [7, 11) is 0. The summed E-state index contributed by atoms with van der Waals surface area (Å²) in [5.74, 6) is 0.975. The van der Waals surface area contributed by atoms with Gasteiger partial charge >= 0.3 is 23.9 Å². The zero-order valence-corrected chi connectivity index (χ0v) is 34.3. The molecule has 1 saturated carbocycles. The molecule has 0 heterocycles.